The first-order valence-corrected chi connectivity index (χ1v) is 11.8. The number of aryl methyl sites for hydroxylation is 2. The SMILES string of the molecule is Cc1ccc(C(=O)COC(=O)c2cccc(N3C(=O)[C@H]4[C@@H]5C=C[C@H]([C@H]6C[C@H]56)[C@@H]4C3=O)c2)cc1C. The average Bonchev–Trinajstić information content (AvgIpc) is 3.62. The predicted octanol–water partition coefficient (Wildman–Crippen LogP) is 3.90. The van der Waals surface area contributed by atoms with Crippen molar-refractivity contribution in [2.45, 2.75) is 20.3 Å². The van der Waals surface area contributed by atoms with E-state index in [1.54, 1.807) is 30.3 Å². The molecule has 1 heterocycles. The maximum Gasteiger partial charge on any atom is 0.338 e. The molecule has 2 saturated carbocycles. The van der Waals surface area contributed by atoms with Gasteiger partial charge in [0.2, 0.25) is 11.8 Å². The molecular weight excluding hydrogens is 430 g/mol. The summed E-state index contributed by atoms with van der Waals surface area (Å²) in [4.78, 5) is 53.0. The quantitative estimate of drug-likeness (QED) is 0.296. The number of rotatable bonds is 5. The van der Waals surface area contributed by atoms with Gasteiger partial charge in [0.25, 0.3) is 0 Å². The van der Waals surface area contributed by atoms with Crippen molar-refractivity contribution in [2.24, 2.45) is 35.5 Å². The van der Waals surface area contributed by atoms with Crippen LogP contribution in [0.2, 0.25) is 0 Å². The molecule has 172 valence electrons. The molecule has 2 aromatic rings. The molecule has 5 aliphatic rings. The number of ether oxygens (including phenoxy) is 1. The van der Waals surface area contributed by atoms with Crippen LogP contribution in [0.3, 0.4) is 0 Å². The first-order valence-electron chi connectivity index (χ1n) is 11.8. The third-order valence-electron chi connectivity index (χ3n) is 8.17. The van der Waals surface area contributed by atoms with Crippen LogP contribution in [-0.2, 0) is 14.3 Å². The molecule has 4 aliphatic carbocycles. The monoisotopic (exact) mass is 455 g/mol. The van der Waals surface area contributed by atoms with E-state index >= 15 is 0 Å². The molecule has 1 aliphatic heterocycles. The van der Waals surface area contributed by atoms with Gasteiger partial charge in [0, 0.05) is 5.56 Å². The van der Waals surface area contributed by atoms with Gasteiger partial charge in [-0.15, -0.1) is 0 Å². The number of ketones is 1. The van der Waals surface area contributed by atoms with Gasteiger partial charge in [0.15, 0.2) is 12.4 Å². The second-order valence-corrected chi connectivity index (χ2v) is 10.0. The van der Waals surface area contributed by atoms with Crippen molar-refractivity contribution in [3.8, 4) is 0 Å². The van der Waals surface area contributed by atoms with Gasteiger partial charge in [0.05, 0.1) is 23.1 Å². The Morgan fingerprint density at radius 3 is 2.21 bits per heavy atom. The van der Waals surface area contributed by atoms with E-state index in [9.17, 15) is 19.2 Å². The Balaban J connectivity index is 1.18. The molecule has 6 heteroatoms. The highest BCUT2D eigenvalue weighted by molar-refractivity contribution is 6.23. The Labute approximate surface area is 197 Å². The predicted molar refractivity (Wildman–Crippen MR) is 124 cm³/mol. The summed E-state index contributed by atoms with van der Waals surface area (Å²) < 4.78 is 5.26. The Kier molecular flexibility index (Phi) is 4.63. The number of allylic oxidation sites excluding steroid dienone is 2. The van der Waals surface area contributed by atoms with Crippen molar-refractivity contribution in [2.75, 3.05) is 11.5 Å². The molecular formula is C28H25NO5. The lowest BCUT2D eigenvalue weighted by Gasteiger charge is -2.37. The van der Waals surface area contributed by atoms with Crippen molar-refractivity contribution < 1.29 is 23.9 Å². The third kappa shape index (κ3) is 3.08. The second kappa shape index (κ2) is 7.49. The number of amides is 2. The van der Waals surface area contributed by atoms with Crippen LogP contribution in [0.1, 0.15) is 38.3 Å². The molecule has 0 unspecified atom stereocenters. The summed E-state index contributed by atoms with van der Waals surface area (Å²) in [6.45, 7) is 3.51. The van der Waals surface area contributed by atoms with Crippen LogP contribution in [0.25, 0.3) is 0 Å². The molecule has 7 rings (SSSR count). The molecule has 6 atom stereocenters. The van der Waals surface area contributed by atoms with Gasteiger partial charge >= 0.3 is 5.97 Å². The fourth-order valence-corrected chi connectivity index (χ4v) is 6.20. The smallest absolute Gasteiger partial charge is 0.338 e. The lowest BCUT2D eigenvalue weighted by Crippen LogP contribution is -2.40. The van der Waals surface area contributed by atoms with Gasteiger partial charge in [-0.3, -0.25) is 14.4 Å². The number of esters is 1. The number of carbonyl (C=O) groups excluding carboxylic acids is 4. The molecule has 1 saturated heterocycles. The summed E-state index contributed by atoms with van der Waals surface area (Å²) in [5.41, 5.74) is 3.14. The van der Waals surface area contributed by atoms with Gasteiger partial charge < -0.3 is 4.74 Å². The van der Waals surface area contributed by atoms with E-state index in [1.165, 1.54) is 11.0 Å². The maximum absolute atomic E-state index is 13.3. The number of anilines is 1. The highest BCUT2D eigenvalue weighted by atomic mass is 16.5. The van der Waals surface area contributed by atoms with Crippen molar-refractivity contribution in [1.29, 1.82) is 0 Å². The number of hydrogen-bond donors (Lipinski definition) is 0. The summed E-state index contributed by atoms with van der Waals surface area (Å²) in [5, 5.41) is 0. The number of carbonyl (C=O) groups is 4. The van der Waals surface area contributed by atoms with Crippen LogP contribution in [0, 0.1) is 49.4 Å². The summed E-state index contributed by atoms with van der Waals surface area (Å²) in [7, 11) is 0. The van der Waals surface area contributed by atoms with Gasteiger partial charge in [-0.25, -0.2) is 9.69 Å². The minimum Gasteiger partial charge on any atom is -0.454 e. The van der Waals surface area contributed by atoms with E-state index in [-0.39, 0.29) is 53.4 Å². The van der Waals surface area contributed by atoms with Crippen molar-refractivity contribution in [1.82, 2.24) is 0 Å². The molecule has 3 fully saturated rings. The third-order valence-corrected chi connectivity index (χ3v) is 8.17. The number of nitrogens with zero attached hydrogens (tertiary/aromatic N) is 1. The van der Waals surface area contributed by atoms with E-state index in [0.29, 0.717) is 23.1 Å². The zero-order chi connectivity index (χ0) is 23.7. The molecule has 6 nitrogen and oxygen atoms in total. The summed E-state index contributed by atoms with van der Waals surface area (Å²) in [6.07, 6.45) is 5.38. The van der Waals surface area contributed by atoms with E-state index < -0.39 is 5.97 Å². The zero-order valence-corrected chi connectivity index (χ0v) is 19.1. The summed E-state index contributed by atoms with van der Waals surface area (Å²) in [5.74, 6) is -0.535. The molecule has 2 bridgehead atoms. The number of Topliss-reactive ketones (excluding diaryl/α,β-unsaturated/α-hetero) is 1. The number of hydrogen-bond acceptors (Lipinski definition) is 5. The zero-order valence-electron chi connectivity index (χ0n) is 19.1. The fourth-order valence-electron chi connectivity index (χ4n) is 6.20. The largest absolute Gasteiger partial charge is 0.454 e. The molecule has 0 aromatic heterocycles. The Morgan fingerprint density at radius 2 is 1.56 bits per heavy atom. The Hall–Kier alpha value is -3.54. The van der Waals surface area contributed by atoms with Crippen LogP contribution < -0.4 is 4.90 Å². The van der Waals surface area contributed by atoms with Crippen molar-refractivity contribution in [3.63, 3.8) is 0 Å². The van der Waals surface area contributed by atoms with Gasteiger partial charge in [-0.05, 0) is 79.3 Å². The van der Waals surface area contributed by atoms with Gasteiger partial charge in [0.1, 0.15) is 0 Å². The Morgan fingerprint density at radius 1 is 0.882 bits per heavy atom. The van der Waals surface area contributed by atoms with E-state index in [1.807, 2.05) is 19.9 Å². The fraction of sp³-hybridized carbons (Fsp3) is 0.357. The standard InChI is InChI=1S/C28H25NO5/c1-14-6-7-16(10-15(14)2)23(30)13-34-28(33)17-4-3-5-18(11-17)29-26(31)24-19-8-9-20(22-12-21(19)22)25(24)27(29)32/h3-11,19-22,24-25H,12-13H2,1-2H3/t19-,20-,21-,22-,24+,25+/m1/s1. The minimum absolute atomic E-state index is 0.144. The topological polar surface area (TPSA) is 80.8 Å². The average molecular weight is 456 g/mol. The van der Waals surface area contributed by atoms with Crippen LogP contribution in [-0.4, -0.2) is 30.2 Å². The van der Waals surface area contributed by atoms with Gasteiger partial charge in [-0.2, -0.15) is 0 Å². The van der Waals surface area contributed by atoms with Gasteiger partial charge in [-0.1, -0.05) is 30.4 Å². The Bertz CT molecular complexity index is 1260. The minimum atomic E-state index is -0.668. The van der Waals surface area contributed by atoms with E-state index in [4.69, 9.17) is 4.74 Å². The molecule has 0 radical (unpaired) electrons. The summed E-state index contributed by atoms with van der Waals surface area (Å²) >= 11 is 0. The van der Waals surface area contributed by atoms with E-state index in [2.05, 4.69) is 12.2 Å². The molecule has 2 amide bonds. The van der Waals surface area contributed by atoms with Crippen LogP contribution in [0.4, 0.5) is 5.69 Å². The maximum atomic E-state index is 13.3. The number of benzene rings is 2. The van der Waals surface area contributed by atoms with Crippen LogP contribution in [0.15, 0.2) is 54.6 Å². The number of imide groups is 1. The second-order valence-electron chi connectivity index (χ2n) is 10.0. The lowest BCUT2D eigenvalue weighted by molar-refractivity contribution is -0.124. The lowest BCUT2D eigenvalue weighted by atomic mass is 9.63. The molecule has 34 heavy (non-hydrogen) atoms. The van der Waals surface area contributed by atoms with Crippen LogP contribution in [0.5, 0.6) is 0 Å². The van der Waals surface area contributed by atoms with Crippen molar-refractivity contribution >= 4 is 29.3 Å². The molecule has 2 aromatic carbocycles. The highest BCUT2D eigenvalue weighted by Gasteiger charge is 2.67. The normalized spacial score (nSPS) is 30.2. The van der Waals surface area contributed by atoms with Crippen LogP contribution >= 0.6 is 0 Å². The first kappa shape index (κ1) is 21.0. The molecule has 0 spiro atoms. The first-order chi connectivity index (χ1) is 16.3. The summed E-state index contributed by atoms with van der Waals surface area (Å²) in [6, 6.07) is 11.7. The van der Waals surface area contributed by atoms with E-state index in [0.717, 1.165) is 17.5 Å². The highest BCUT2D eigenvalue weighted by Crippen LogP contribution is 2.65. The van der Waals surface area contributed by atoms with Crippen molar-refractivity contribution in [3.05, 3.63) is 76.9 Å². The molecule has 0 N–H and O–H groups in total.